The van der Waals surface area contributed by atoms with E-state index in [-0.39, 0.29) is 31.1 Å². The molecule has 0 atom stereocenters. The van der Waals surface area contributed by atoms with Gasteiger partial charge >= 0.3 is 5.97 Å². The highest BCUT2D eigenvalue weighted by molar-refractivity contribution is 6.01. The van der Waals surface area contributed by atoms with Crippen molar-refractivity contribution >= 4 is 23.3 Å². The molecule has 1 aliphatic heterocycles. The monoisotopic (exact) mass is 291 g/mol. The van der Waals surface area contributed by atoms with Crippen molar-refractivity contribution in [2.24, 2.45) is 5.41 Å². The van der Waals surface area contributed by atoms with Crippen LogP contribution in [0.1, 0.15) is 37.0 Å². The largest absolute Gasteiger partial charge is 0.482 e. The third-order valence-corrected chi connectivity index (χ3v) is 3.20. The number of rotatable bonds is 5. The molecule has 6 nitrogen and oxygen atoms in total. The van der Waals surface area contributed by atoms with Crippen molar-refractivity contribution in [1.82, 2.24) is 0 Å². The number of amides is 1. The number of hydrogen-bond acceptors (Lipinski definition) is 4. The first-order valence-corrected chi connectivity index (χ1v) is 6.58. The lowest BCUT2D eigenvalue weighted by Crippen LogP contribution is -2.26. The fourth-order valence-electron chi connectivity index (χ4n) is 2.27. The number of carboxylic acids is 1. The first-order valence-electron chi connectivity index (χ1n) is 6.58. The molecule has 112 valence electrons. The smallest absolute Gasteiger partial charge is 0.303 e. The molecule has 0 fully saturated rings. The molecule has 1 aliphatic rings. The predicted octanol–water partition coefficient (Wildman–Crippen LogP) is 2.09. The summed E-state index contributed by atoms with van der Waals surface area (Å²) in [4.78, 5) is 34.3. The number of aliphatic carboxylic acids is 1. The lowest BCUT2D eigenvalue weighted by Gasteiger charge is -2.22. The second-order valence-electron chi connectivity index (χ2n) is 5.88. The van der Waals surface area contributed by atoms with E-state index in [1.807, 2.05) is 0 Å². The van der Waals surface area contributed by atoms with E-state index in [2.05, 4.69) is 5.32 Å². The molecule has 0 saturated carbocycles. The molecular formula is C15H17NO5. The third kappa shape index (κ3) is 3.81. The third-order valence-electron chi connectivity index (χ3n) is 3.20. The van der Waals surface area contributed by atoms with Gasteiger partial charge < -0.3 is 15.2 Å². The molecule has 2 N–H and O–H groups in total. The number of ketones is 1. The SMILES string of the molecule is CC(C)(CC(=O)O)CC(=O)c1ccc2c(c1)NC(=O)CO2. The lowest BCUT2D eigenvalue weighted by atomic mass is 9.82. The number of Topliss-reactive ketones (excluding diaryl/α,β-unsaturated/α-hetero) is 1. The minimum absolute atomic E-state index is 0.0358. The number of anilines is 1. The van der Waals surface area contributed by atoms with Gasteiger partial charge in [0.1, 0.15) is 5.75 Å². The van der Waals surface area contributed by atoms with E-state index in [9.17, 15) is 14.4 Å². The van der Waals surface area contributed by atoms with Gasteiger partial charge in [0, 0.05) is 12.0 Å². The van der Waals surface area contributed by atoms with Gasteiger partial charge in [0.25, 0.3) is 5.91 Å². The maximum Gasteiger partial charge on any atom is 0.303 e. The Morgan fingerprint density at radius 2 is 2.05 bits per heavy atom. The Morgan fingerprint density at radius 1 is 1.33 bits per heavy atom. The zero-order valence-electron chi connectivity index (χ0n) is 11.9. The average Bonchev–Trinajstić information content (AvgIpc) is 2.35. The van der Waals surface area contributed by atoms with Crippen molar-refractivity contribution < 1.29 is 24.2 Å². The van der Waals surface area contributed by atoms with Gasteiger partial charge in [-0.3, -0.25) is 14.4 Å². The Hall–Kier alpha value is -2.37. The first kappa shape index (κ1) is 15.0. The molecule has 6 heteroatoms. The van der Waals surface area contributed by atoms with E-state index in [0.717, 1.165) is 0 Å². The minimum Gasteiger partial charge on any atom is -0.482 e. The predicted molar refractivity (Wildman–Crippen MR) is 75.5 cm³/mol. The zero-order valence-corrected chi connectivity index (χ0v) is 11.9. The standard InChI is InChI=1S/C15H17NO5/c1-15(2,7-14(19)20)6-11(17)9-3-4-12-10(5-9)16-13(18)8-21-12/h3-5H,6-8H2,1-2H3,(H,16,18)(H,19,20). The normalized spacial score (nSPS) is 13.9. The average molecular weight is 291 g/mol. The van der Waals surface area contributed by atoms with Crippen LogP contribution in [0.4, 0.5) is 5.69 Å². The number of ether oxygens (including phenoxy) is 1. The van der Waals surface area contributed by atoms with E-state index >= 15 is 0 Å². The van der Waals surface area contributed by atoms with Gasteiger partial charge in [-0.1, -0.05) is 13.8 Å². The zero-order chi connectivity index (χ0) is 15.6. The maximum atomic E-state index is 12.3. The van der Waals surface area contributed by atoms with E-state index in [1.165, 1.54) is 0 Å². The molecule has 1 aromatic rings. The van der Waals surface area contributed by atoms with E-state index in [0.29, 0.717) is 17.0 Å². The van der Waals surface area contributed by atoms with Gasteiger partial charge in [-0.05, 0) is 23.6 Å². The summed E-state index contributed by atoms with van der Waals surface area (Å²) in [6, 6.07) is 4.81. The molecule has 0 aliphatic carbocycles. The lowest BCUT2D eigenvalue weighted by molar-refractivity contribution is -0.139. The molecular weight excluding hydrogens is 274 g/mol. The van der Waals surface area contributed by atoms with Crippen LogP contribution < -0.4 is 10.1 Å². The summed E-state index contributed by atoms with van der Waals surface area (Å²) in [5.74, 6) is -0.836. The highest BCUT2D eigenvalue weighted by Crippen LogP contribution is 2.31. The van der Waals surface area contributed by atoms with Gasteiger partial charge in [0.05, 0.1) is 12.1 Å². The van der Waals surface area contributed by atoms with Crippen molar-refractivity contribution in [3.8, 4) is 5.75 Å². The molecule has 0 spiro atoms. The quantitative estimate of drug-likeness (QED) is 0.810. The second-order valence-corrected chi connectivity index (χ2v) is 5.88. The van der Waals surface area contributed by atoms with E-state index < -0.39 is 11.4 Å². The number of benzene rings is 1. The van der Waals surface area contributed by atoms with Crippen LogP contribution in [0.15, 0.2) is 18.2 Å². The fraction of sp³-hybridized carbons (Fsp3) is 0.400. The molecule has 21 heavy (non-hydrogen) atoms. The van der Waals surface area contributed by atoms with Gasteiger partial charge in [0.2, 0.25) is 0 Å². The van der Waals surface area contributed by atoms with Gasteiger partial charge in [-0.2, -0.15) is 0 Å². The Labute approximate surface area is 122 Å². The van der Waals surface area contributed by atoms with Crippen LogP contribution in [-0.2, 0) is 9.59 Å². The minimum atomic E-state index is -0.932. The molecule has 0 bridgehead atoms. The van der Waals surface area contributed by atoms with Gasteiger partial charge in [-0.25, -0.2) is 0 Å². The number of carbonyl (C=O) groups is 3. The van der Waals surface area contributed by atoms with Crippen molar-refractivity contribution in [1.29, 1.82) is 0 Å². The van der Waals surface area contributed by atoms with Crippen molar-refractivity contribution in [3.05, 3.63) is 23.8 Å². The number of hydrogen-bond donors (Lipinski definition) is 2. The Bertz CT molecular complexity index is 606. The van der Waals surface area contributed by atoms with Crippen molar-refractivity contribution in [2.45, 2.75) is 26.7 Å². The van der Waals surface area contributed by atoms with Crippen LogP contribution in [0.5, 0.6) is 5.75 Å². The highest BCUT2D eigenvalue weighted by Gasteiger charge is 2.26. The fourth-order valence-corrected chi connectivity index (χ4v) is 2.27. The molecule has 0 radical (unpaired) electrons. The highest BCUT2D eigenvalue weighted by atomic mass is 16.5. The number of nitrogens with one attached hydrogen (secondary N) is 1. The Balaban J connectivity index is 2.15. The summed E-state index contributed by atoms with van der Waals surface area (Å²) in [7, 11) is 0. The Morgan fingerprint density at radius 3 is 2.71 bits per heavy atom. The van der Waals surface area contributed by atoms with Crippen LogP contribution in [0.3, 0.4) is 0 Å². The summed E-state index contributed by atoms with van der Waals surface area (Å²) >= 11 is 0. The van der Waals surface area contributed by atoms with Crippen LogP contribution >= 0.6 is 0 Å². The molecule has 0 unspecified atom stereocenters. The van der Waals surface area contributed by atoms with Crippen LogP contribution in [0.2, 0.25) is 0 Å². The van der Waals surface area contributed by atoms with E-state index in [4.69, 9.17) is 9.84 Å². The molecule has 1 heterocycles. The number of carboxylic acid groups (broad SMARTS) is 1. The molecule has 2 rings (SSSR count). The number of fused-ring (bicyclic) bond motifs is 1. The molecule has 0 aromatic heterocycles. The summed E-state index contributed by atoms with van der Waals surface area (Å²) in [5.41, 5.74) is 0.268. The van der Waals surface area contributed by atoms with Crippen LogP contribution in [0, 0.1) is 5.41 Å². The Kier molecular flexibility index (Phi) is 3.97. The van der Waals surface area contributed by atoms with Gasteiger partial charge in [-0.15, -0.1) is 0 Å². The summed E-state index contributed by atoms with van der Waals surface area (Å²) < 4.78 is 5.22. The second kappa shape index (κ2) is 5.55. The summed E-state index contributed by atoms with van der Waals surface area (Å²) in [6.07, 6.45) is 0.0381. The molecule has 0 saturated heterocycles. The van der Waals surface area contributed by atoms with Crippen molar-refractivity contribution in [2.75, 3.05) is 11.9 Å². The molecule has 1 aromatic carbocycles. The van der Waals surface area contributed by atoms with Crippen molar-refractivity contribution in [3.63, 3.8) is 0 Å². The maximum absolute atomic E-state index is 12.3. The number of carbonyl (C=O) groups excluding carboxylic acids is 2. The molecule has 1 amide bonds. The summed E-state index contributed by atoms with van der Waals surface area (Å²) in [6.45, 7) is 3.44. The van der Waals surface area contributed by atoms with Crippen LogP contribution in [-0.4, -0.2) is 29.4 Å². The first-order chi connectivity index (χ1) is 9.77. The van der Waals surface area contributed by atoms with Crippen LogP contribution in [0.25, 0.3) is 0 Å². The topological polar surface area (TPSA) is 92.7 Å². The summed E-state index contributed by atoms with van der Waals surface area (Å²) in [5, 5.41) is 11.5. The van der Waals surface area contributed by atoms with E-state index in [1.54, 1.807) is 32.0 Å². The van der Waals surface area contributed by atoms with Gasteiger partial charge in [0.15, 0.2) is 12.4 Å².